The number of ether oxygens (including phenoxy) is 1. The second-order valence-electron chi connectivity index (χ2n) is 6.14. The van der Waals surface area contributed by atoms with Crippen LogP contribution in [0.4, 0.5) is 0 Å². The molecular weight excluding hydrogens is 358 g/mol. The van der Waals surface area contributed by atoms with Crippen LogP contribution in [0.1, 0.15) is 15.9 Å². The quantitative estimate of drug-likeness (QED) is 0.417. The number of aromatic nitrogens is 1. The molecule has 3 aromatic carbocycles. The average Bonchev–Trinajstić information content (AvgIpc) is 2.72. The number of hydrogen-bond acceptors (Lipinski definition) is 3. The molecule has 0 aliphatic rings. The largest absolute Gasteiger partial charge is 0.457 e. The summed E-state index contributed by atoms with van der Waals surface area (Å²) in [7, 11) is 0. The van der Waals surface area contributed by atoms with Crippen LogP contribution >= 0.6 is 11.6 Å². The Morgan fingerprint density at radius 2 is 1.67 bits per heavy atom. The lowest BCUT2D eigenvalue weighted by atomic mass is 10.0. The molecule has 4 rings (SSSR count). The first kappa shape index (κ1) is 17.3. The minimum absolute atomic E-state index is 0.163. The maximum Gasteiger partial charge on any atom is 0.339 e. The van der Waals surface area contributed by atoms with Crippen LogP contribution in [0.3, 0.4) is 0 Å². The standard InChI is InChI=1S/C23H16ClNO2/c24-18-10-6-7-16(13-18)15-27-23(26)20-14-22(17-8-2-1-3-9-17)25-21-12-5-4-11-19(20)21/h1-14H,15H2. The molecule has 0 aliphatic carbocycles. The molecule has 0 saturated heterocycles. The van der Waals surface area contributed by atoms with Gasteiger partial charge in [-0.25, -0.2) is 9.78 Å². The van der Waals surface area contributed by atoms with E-state index < -0.39 is 0 Å². The summed E-state index contributed by atoms with van der Waals surface area (Å²) in [6, 6.07) is 26.4. The summed E-state index contributed by atoms with van der Waals surface area (Å²) in [6.45, 7) is 0.163. The molecule has 0 fully saturated rings. The van der Waals surface area contributed by atoms with E-state index in [1.54, 1.807) is 18.2 Å². The lowest BCUT2D eigenvalue weighted by molar-refractivity contribution is 0.0475. The van der Waals surface area contributed by atoms with Crippen LogP contribution in [0.5, 0.6) is 0 Å². The summed E-state index contributed by atoms with van der Waals surface area (Å²) < 4.78 is 5.54. The van der Waals surface area contributed by atoms with E-state index in [1.165, 1.54) is 0 Å². The Kier molecular flexibility index (Phi) is 4.86. The fourth-order valence-corrected chi connectivity index (χ4v) is 3.17. The Labute approximate surface area is 162 Å². The third kappa shape index (κ3) is 3.83. The normalized spacial score (nSPS) is 10.7. The number of hydrogen-bond donors (Lipinski definition) is 0. The van der Waals surface area contributed by atoms with Crippen molar-refractivity contribution in [3.63, 3.8) is 0 Å². The van der Waals surface area contributed by atoms with Crippen molar-refractivity contribution < 1.29 is 9.53 Å². The molecule has 3 nitrogen and oxygen atoms in total. The Balaban J connectivity index is 1.70. The predicted molar refractivity (Wildman–Crippen MR) is 108 cm³/mol. The molecule has 0 aliphatic heterocycles. The van der Waals surface area contributed by atoms with E-state index in [9.17, 15) is 4.79 Å². The van der Waals surface area contributed by atoms with E-state index in [0.717, 1.165) is 27.7 Å². The molecule has 0 radical (unpaired) electrons. The number of carbonyl (C=O) groups is 1. The number of esters is 1. The molecule has 0 bridgehead atoms. The van der Waals surface area contributed by atoms with Gasteiger partial charge < -0.3 is 4.74 Å². The summed E-state index contributed by atoms with van der Waals surface area (Å²) in [5.74, 6) is -0.384. The molecule has 0 unspecified atom stereocenters. The minimum atomic E-state index is -0.384. The van der Waals surface area contributed by atoms with Crippen LogP contribution in [-0.2, 0) is 11.3 Å². The third-order valence-electron chi connectivity index (χ3n) is 4.26. The highest BCUT2D eigenvalue weighted by molar-refractivity contribution is 6.30. The highest BCUT2D eigenvalue weighted by Gasteiger charge is 2.15. The molecule has 0 N–H and O–H groups in total. The summed E-state index contributed by atoms with van der Waals surface area (Å²) in [4.78, 5) is 17.5. The van der Waals surface area contributed by atoms with Crippen molar-refractivity contribution in [3.8, 4) is 11.3 Å². The number of fused-ring (bicyclic) bond motifs is 1. The van der Waals surface area contributed by atoms with Gasteiger partial charge >= 0.3 is 5.97 Å². The number of benzene rings is 3. The number of pyridine rings is 1. The summed E-state index contributed by atoms with van der Waals surface area (Å²) >= 11 is 6.00. The molecule has 0 saturated carbocycles. The number of rotatable bonds is 4. The average molecular weight is 374 g/mol. The molecule has 1 aromatic heterocycles. The highest BCUT2D eigenvalue weighted by Crippen LogP contribution is 2.25. The van der Waals surface area contributed by atoms with E-state index in [4.69, 9.17) is 21.3 Å². The zero-order valence-corrected chi connectivity index (χ0v) is 15.2. The van der Waals surface area contributed by atoms with E-state index in [0.29, 0.717) is 10.6 Å². The van der Waals surface area contributed by atoms with Crippen LogP contribution in [0, 0.1) is 0 Å². The van der Waals surface area contributed by atoms with Crippen molar-refractivity contribution in [2.45, 2.75) is 6.61 Å². The van der Waals surface area contributed by atoms with Crippen LogP contribution in [0.15, 0.2) is 84.9 Å². The highest BCUT2D eigenvalue weighted by atomic mass is 35.5. The molecule has 132 valence electrons. The maximum atomic E-state index is 12.8. The molecule has 4 heteroatoms. The predicted octanol–water partition coefficient (Wildman–Crippen LogP) is 5.91. The molecule has 0 atom stereocenters. The fraction of sp³-hybridized carbons (Fsp3) is 0.0435. The molecule has 4 aromatic rings. The van der Waals surface area contributed by atoms with Gasteiger partial charge in [0.15, 0.2) is 0 Å². The summed E-state index contributed by atoms with van der Waals surface area (Å²) in [6.07, 6.45) is 0. The smallest absolute Gasteiger partial charge is 0.339 e. The third-order valence-corrected chi connectivity index (χ3v) is 4.50. The Morgan fingerprint density at radius 3 is 2.48 bits per heavy atom. The number of nitrogens with zero attached hydrogens (tertiary/aromatic N) is 1. The van der Waals surface area contributed by atoms with Crippen LogP contribution < -0.4 is 0 Å². The Morgan fingerprint density at radius 1 is 0.889 bits per heavy atom. The lowest BCUT2D eigenvalue weighted by Gasteiger charge is -2.10. The van der Waals surface area contributed by atoms with E-state index in [-0.39, 0.29) is 12.6 Å². The van der Waals surface area contributed by atoms with E-state index >= 15 is 0 Å². The number of para-hydroxylation sites is 1. The van der Waals surface area contributed by atoms with Gasteiger partial charge in [0.05, 0.1) is 16.8 Å². The van der Waals surface area contributed by atoms with Gasteiger partial charge in [-0.2, -0.15) is 0 Å². The monoisotopic (exact) mass is 373 g/mol. The SMILES string of the molecule is O=C(OCc1cccc(Cl)c1)c1cc(-c2ccccc2)nc2ccccc12. The number of halogens is 1. The van der Waals surface area contributed by atoms with Crippen molar-refractivity contribution in [1.82, 2.24) is 4.98 Å². The van der Waals surface area contributed by atoms with Crippen LogP contribution in [0.2, 0.25) is 5.02 Å². The topological polar surface area (TPSA) is 39.2 Å². The van der Waals surface area contributed by atoms with Crippen molar-refractivity contribution in [2.75, 3.05) is 0 Å². The van der Waals surface area contributed by atoms with Crippen LogP contribution in [-0.4, -0.2) is 11.0 Å². The van der Waals surface area contributed by atoms with Crippen molar-refractivity contribution in [1.29, 1.82) is 0 Å². The van der Waals surface area contributed by atoms with Gasteiger partial charge in [-0.15, -0.1) is 0 Å². The van der Waals surface area contributed by atoms with Crippen LogP contribution in [0.25, 0.3) is 22.2 Å². The zero-order chi connectivity index (χ0) is 18.6. The first-order valence-corrected chi connectivity index (χ1v) is 8.95. The van der Waals surface area contributed by atoms with Gasteiger partial charge in [0.2, 0.25) is 0 Å². The lowest BCUT2D eigenvalue weighted by Crippen LogP contribution is -2.07. The molecule has 27 heavy (non-hydrogen) atoms. The van der Waals surface area contributed by atoms with Gasteiger partial charge in [0, 0.05) is 16.0 Å². The van der Waals surface area contributed by atoms with Gasteiger partial charge in [-0.1, -0.05) is 72.3 Å². The number of carbonyl (C=O) groups excluding carboxylic acids is 1. The second kappa shape index (κ2) is 7.60. The van der Waals surface area contributed by atoms with Gasteiger partial charge in [0.25, 0.3) is 0 Å². The molecule has 1 heterocycles. The first-order valence-electron chi connectivity index (χ1n) is 8.57. The van der Waals surface area contributed by atoms with Gasteiger partial charge in [-0.05, 0) is 29.8 Å². The first-order chi connectivity index (χ1) is 13.2. The molecular formula is C23H16ClNO2. The molecule has 0 amide bonds. The van der Waals surface area contributed by atoms with E-state index in [1.807, 2.05) is 66.7 Å². The Bertz CT molecular complexity index is 1110. The van der Waals surface area contributed by atoms with Crippen molar-refractivity contribution in [3.05, 3.63) is 101 Å². The van der Waals surface area contributed by atoms with Crippen molar-refractivity contribution in [2.24, 2.45) is 0 Å². The minimum Gasteiger partial charge on any atom is -0.457 e. The second-order valence-corrected chi connectivity index (χ2v) is 6.58. The summed E-state index contributed by atoms with van der Waals surface area (Å²) in [5, 5.41) is 1.39. The summed E-state index contributed by atoms with van der Waals surface area (Å²) in [5.41, 5.74) is 3.80. The Hall–Kier alpha value is -3.17. The van der Waals surface area contributed by atoms with E-state index in [2.05, 4.69) is 0 Å². The van der Waals surface area contributed by atoms with Gasteiger partial charge in [0.1, 0.15) is 6.61 Å². The van der Waals surface area contributed by atoms with Gasteiger partial charge in [-0.3, -0.25) is 0 Å². The zero-order valence-electron chi connectivity index (χ0n) is 14.4. The molecule has 0 spiro atoms. The fourth-order valence-electron chi connectivity index (χ4n) is 2.95. The maximum absolute atomic E-state index is 12.8. The van der Waals surface area contributed by atoms with Crippen molar-refractivity contribution >= 4 is 28.5 Å².